The van der Waals surface area contributed by atoms with E-state index < -0.39 is 5.97 Å². The van der Waals surface area contributed by atoms with Crippen LogP contribution in [0.4, 0.5) is 0 Å². The van der Waals surface area contributed by atoms with Crippen molar-refractivity contribution in [3.05, 3.63) is 22.5 Å². The number of methoxy groups -OCH3 is 1. The third kappa shape index (κ3) is 5.63. The molecule has 2 aliphatic rings. The smallest absolute Gasteiger partial charge is 0.340 e. The van der Waals surface area contributed by atoms with Crippen LogP contribution in [-0.4, -0.2) is 117 Å². The Kier molecular flexibility index (Phi) is 8.05. The monoisotopic (exact) mass is 436 g/mol. The van der Waals surface area contributed by atoms with Crippen molar-refractivity contribution in [2.45, 2.75) is 13.8 Å². The van der Waals surface area contributed by atoms with Crippen LogP contribution < -0.4 is 0 Å². The highest BCUT2D eigenvalue weighted by Crippen LogP contribution is 2.21. The molecule has 0 aromatic carbocycles. The molecule has 0 atom stereocenters. The Morgan fingerprint density at radius 3 is 2.26 bits per heavy atom. The van der Waals surface area contributed by atoms with Gasteiger partial charge in [0.25, 0.3) is 5.91 Å². The zero-order valence-corrected chi connectivity index (χ0v) is 18.6. The maximum atomic E-state index is 13.1. The minimum atomic E-state index is -0.471. The van der Waals surface area contributed by atoms with Gasteiger partial charge in [-0.15, -0.1) is 0 Å². The molecule has 10 nitrogen and oxygen atoms in total. The summed E-state index contributed by atoms with van der Waals surface area (Å²) in [5, 5.41) is 0. The van der Waals surface area contributed by atoms with E-state index in [0.29, 0.717) is 75.1 Å². The maximum absolute atomic E-state index is 13.1. The molecule has 0 saturated carbocycles. The van der Waals surface area contributed by atoms with Gasteiger partial charge in [-0.05, 0) is 19.4 Å². The highest BCUT2D eigenvalue weighted by Gasteiger charge is 2.30. The van der Waals surface area contributed by atoms with E-state index in [2.05, 4.69) is 9.88 Å². The number of nitrogens with one attached hydrogen (secondary N) is 1. The van der Waals surface area contributed by atoms with Crippen LogP contribution in [0, 0.1) is 13.8 Å². The molecular formula is C21H32N4O6. The van der Waals surface area contributed by atoms with E-state index >= 15 is 0 Å². The zero-order chi connectivity index (χ0) is 22.4. The predicted molar refractivity (Wildman–Crippen MR) is 112 cm³/mol. The summed E-state index contributed by atoms with van der Waals surface area (Å²) in [6.45, 7) is 9.12. The van der Waals surface area contributed by atoms with Crippen molar-refractivity contribution in [2.24, 2.45) is 0 Å². The van der Waals surface area contributed by atoms with Gasteiger partial charge < -0.3 is 29.0 Å². The lowest BCUT2D eigenvalue weighted by molar-refractivity contribution is -0.134. The summed E-state index contributed by atoms with van der Waals surface area (Å²) >= 11 is 0. The van der Waals surface area contributed by atoms with Crippen molar-refractivity contribution < 1.29 is 28.6 Å². The first kappa shape index (κ1) is 23.2. The summed E-state index contributed by atoms with van der Waals surface area (Å²) in [4.78, 5) is 46.7. The summed E-state index contributed by atoms with van der Waals surface area (Å²) in [6, 6.07) is 0. The summed E-state index contributed by atoms with van der Waals surface area (Å²) in [6.07, 6.45) is 0. The van der Waals surface area contributed by atoms with Crippen LogP contribution in [0.25, 0.3) is 0 Å². The first-order chi connectivity index (χ1) is 14.9. The van der Waals surface area contributed by atoms with E-state index in [1.807, 2.05) is 4.90 Å². The van der Waals surface area contributed by atoms with Crippen LogP contribution in [0.2, 0.25) is 0 Å². The summed E-state index contributed by atoms with van der Waals surface area (Å²) in [5.74, 6) is -0.556. The molecule has 0 spiro atoms. The van der Waals surface area contributed by atoms with Gasteiger partial charge in [0.1, 0.15) is 12.3 Å². The Morgan fingerprint density at radius 2 is 1.61 bits per heavy atom. The van der Waals surface area contributed by atoms with E-state index in [0.717, 1.165) is 13.1 Å². The van der Waals surface area contributed by atoms with Crippen LogP contribution in [0.3, 0.4) is 0 Å². The van der Waals surface area contributed by atoms with Crippen molar-refractivity contribution in [1.82, 2.24) is 19.7 Å². The number of rotatable bonds is 7. The second-order valence-electron chi connectivity index (χ2n) is 7.82. The third-order valence-electron chi connectivity index (χ3n) is 5.76. The predicted octanol–water partition coefficient (Wildman–Crippen LogP) is 0.0513. The molecule has 2 fully saturated rings. The highest BCUT2D eigenvalue weighted by atomic mass is 16.6. The lowest BCUT2D eigenvalue weighted by Crippen LogP contribution is -2.53. The second-order valence-corrected chi connectivity index (χ2v) is 7.82. The second kappa shape index (κ2) is 10.7. The molecule has 3 heterocycles. The lowest BCUT2D eigenvalue weighted by Gasteiger charge is -2.36. The van der Waals surface area contributed by atoms with Gasteiger partial charge in [0.15, 0.2) is 0 Å². The molecule has 172 valence electrons. The molecule has 10 heteroatoms. The summed E-state index contributed by atoms with van der Waals surface area (Å²) in [5.41, 5.74) is 1.96. The highest BCUT2D eigenvalue weighted by molar-refractivity contribution is 6.00. The third-order valence-corrected chi connectivity index (χ3v) is 5.76. The number of H-pyrrole nitrogens is 1. The number of carbonyl (C=O) groups is 3. The molecule has 1 N–H and O–H groups in total. The topological polar surface area (TPSA) is 104 Å². The molecule has 1 aromatic rings. The number of amides is 2. The van der Waals surface area contributed by atoms with Gasteiger partial charge in [0.2, 0.25) is 5.91 Å². The molecule has 0 radical (unpaired) electrons. The molecule has 2 aliphatic heterocycles. The number of ether oxygens (including phenoxy) is 3. The Balaban J connectivity index is 1.56. The lowest BCUT2D eigenvalue weighted by atomic mass is 10.1. The number of hydrogen-bond acceptors (Lipinski definition) is 7. The fourth-order valence-corrected chi connectivity index (χ4v) is 3.93. The summed E-state index contributed by atoms with van der Waals surface area (Å²) < 4.78 is 15.4. The Morgan fingerprint density at radius 1 is 0.968 bits per heavy atom. The number of carbonyl (C=O) groups excluding carboxylic acids is 3. The Bertz CT molecular complexity index is 794. The average molecular weight is 437 g/mol. The van der Waals surface area contributed by atoms with Crippen molar-refractivity contribution in [2.75, 3.05) is 79.4 Å². The van der Waals surface area contributed by atoms with Crippen LogP contribution in [0.5, 0.6) is 0 Å². The van der Waals surface area contributed by atoms with Crippen LogP contribution in [0.15, 0.2) is 0 Å². The first-order valence-electron chi connectivity index (χ1n) is 10.6. The van der Waals surface area contributed by atoms with Gasteiger partial charge in [-0.2, -0.15) is 0 Å². The molecule has 0 aliphatic carbocycles. The fraction of sp³-hybridized carbons (Fsp3) is 0.667. The van der Waals surface area contributed by atoms with Gasteiger partial charge in [0, 0.05) is 52.1 Å². The minimum Gasteiger partial charge on any atom is -0.460 e. The summed E-state index contributed by atoms with van der Waals surface area (Å²) in [7, 11) is 1.54. The van der Waals surface area contributed by atoms with Crippen molar-refractivity contribution >= 4 is 17.8 Å². The average Bonchev–Trinajstić information content (AvgIpc) is 3.08. The van der Waals surface area contributed by atoms with E-state index in [1.54, 1.807) is 18.7 Å². The number of hydrogen-bond donors (Lipinski definition) is 1. The number of piperazine rings is 1. The van der Waals surface area contributed by atoms with Gasteiger partial charge in [-0.25, -0.2) is 4.79 Å². The molecular weight excluding hydrogens is 404 g/mol. The molecule has 0 bridgehead atoms. The number of nitrogens with zero attached hydrogens (tertiary/aromatic N) is 3. The van der Waals surface area contributed by atoms with E-state index in [9.17, 15) is 14.4 Å². The van der Waals surface area contributed by atoms with Gasteiger partial charge in [0.05, 0.1) is 31.9 Å². The zero-order valence-electron chi connectivity index (χ0n) is 18.6. The van der Waals surface area contributed by atoms with Gasteiger partial charge in [-0.1, -0.05) is 0 Å². The SMILES string of the molecule is COCCOC(=O)c1c(C)[nH]c(C(=O)N2CCN(C(=O)CN3CCOCC3)CC2)c1C. The van der Waals surface area contributed by atoms with Gasteiger partial charge in [-0.3, -0.25) is 14.5 Å². The van der Waals surface area contributed by atoms with E-state index in [1.165, 1.54) is 7.11 Å². The standard InChI is InChI=1S/C21H32N4O6/c1-15-18(21(28)31-13-12-29-3)16(2)22-19(15)20(27)25-6-4-24(5-7-25)17(26)14-23-8-10-30-11-9-23/h22H,4-14H2,1-3H3. The Labute approximate surface area is 182 Å². The van der Waals surface area contributed by atoms with Crippen LogP contribution in [-0.2, 0) is 19.0 Å². The quantitative estimate of drug-likeness (QED) is 0.476. The van der Waals surface area contributed by atoms with Crippen molar-refractivity contribution in [1.29, 1.82) is 0 Å². The molecule has 2 amide bonds. The molecule has 0 unspecified atom stereocenters. The van der Waals surface area contributed by atoms with Crippen LogP contribution in [0.1, 0.15) is 32.1 Å². The fourth-order valence-electron chi connectivity index (χ4n) is 3.93. The van der Waals surface area contributed by atoms with Crippen molar-refractivity contribution in [3.8, 4) is 0 Å². The van der Waals surface area contributed by atoms with E-state index in [-0.39, 0.29) is 18.4 Å². The maximum Gasteiger partial charge on any atom is 0.340 e. The van der Waals surface area contributed by atoms with E-state index in [4.69, 9.17) is 14.2 Å². The molecule has 2 saturated heterocycles. The minimum absolute atomic E-state index is 0.0852. The van der Waals surface area contributed by atoms with Crippen molar-refractivity contribution in [3.63, 3.8) is 0 Å². The van der Waals surface area contributed by atoms with Gasteiger partial charge >= 0.3 is 5.97 Å². The molecule has 31 heavy (non-hydrogen) atoms. The van der Waals surface area contributed by atoms with Crippen LogP contribution >= 0.6 is 0 Å². The molecule has 3 rings (SSSR count). The number of aryl methyl sites for hydroxylation is 1. The number of aromatic amines is 1. The number of aromatic nitrogens is 1. The molecule has 1 aromatic heterocycles. The number of esters is 1. The largest absolute Gasteiger partial charge is 0.460 e. The Hall–Kier alpha value is -2.43. The first-order valence-corrected chi connectivity index (χ1v) is 10.6. The normalized spacial score (nSPS) is 17.6. The number of morpholine rings is 1.